The fourth-order valence-electron chi connectivity index (χ4n) is 2.88. The van der Waals surface area contributed by atoms with Gasteiger partial charge in [-0.15, -0.1) is 0 Å². The minimum atomic E-state index is 0.861. The van der Waals surface area contributed by atoms with Gasteiger partial charge in [0, 0.05) is 6.04 Å². The Morgan fingerprint density at radius 2 is 1.71 bits per heavy atom. The second-order valence-corrected chi connectivity index (χ2v) is 5.30. The molecular formula is C13H27N. The Hall–Kier alpha value is -0.0400. The second-order valence-electron chi connectivity index (χ2n) is 5.30. The molecule has 0 aromatic carbocycles. The Balaban J connectivity index is 2.28. The lowest BCUT2D eigenvalue weighted by atomic mass is 9.77. The van der Waals surface area contributed by atoms with Crippen molar-refractivity contribution in [2.24, 2.45) is 11.8 Å². The zero-order chi connectivity index (χ0) is 10.6. The fraction of sp³-hybridized carbons (Fsp3) is 1.00. The summed E-state index contributed by atoms with van der Waals surface area (Å²) in [6, 6.07) is 0.861. The predicted octanol–water partition coefficient (Wildman–Crippen LogP) is 3.54. The average molecular weight is 197 g/mol. The zero-order valence-corrected chi connectivity index (χ0v) is 10.4. The lowest BCUT2D eigenvalue weighted by Gasteiger charge is -2.35. The topological polar surface area (TPSA) is 3.24 Å². The van der Waals surface area contributed by atoms with Crippen LogP contribution in [0.5, 0.6) is 0 Å². The molecule has 1 saturated carbocycles. The van der Waals surface area contributed by atoms with Gasteiger partial charge in [0.05, 0.1) is 0 Å². The Morgan fingerprint density at radius 3 is 2.14 bits per heavy atom. The molecule has 0 bridgehead atoms. The Labute approximate surface area is 89.9 Å². The fourth-order valence-corrected chi connectivity index (χ4v) is 2.88. The van der Waals surface area contributed by atoms with Gasteiger partial charge in [-0.25, -0.2) is 0 Å². The first-order valence-corrected chi connectivity index (χ1v) is 6.31. The van der Waals surface area contributed by atoms with E-state index in [1.54, 1.807) is 0 Å². The van der Waals surface area contributed by atoms with Gasteiger partial charge < -0.3 is 4.90 Å². The van der Waals surface area contributed by atoms with Gasteiger partial charge in [0.2, 0.25) is 0 Å². The maximum atomic E-state index is 2.45. The van der Waals surface area contributed by atoms with Crippen molar-refractivity contribution in [1.82, 2.24) is 4.90 Å². The number of hydrogen-bond donors (Lipinski definition) is 0. The second kappa shape index (κ2) is 5.75. The lowest BCUT2D eigenvalue weighted by Crippen LogP contribution is -2.33. The minimum Gasteiger partial charge on any atom is -0.306 e. The highest BCUT2D eigenvalue weighted by Gasteiger charge is 2.25. The van der Waals surface area contributed by atoms with Crippen LogP contribution in [0.2, 0.25) is 0 Å². The molecule has 1 aliphatic rings. The zero-order valence-electron chi connectivity index (χ0n) is 10.4. The Kier molecular flexibility index (Phi) is 4.94. The molecule has 14 heavy (non-hydrogen) atoms. The van der Waals surface area contributed by atoms with Crippen molar-refractivity contribution < 1.29 is 0 Å². The molecule has 0 heterocycles. The van der Waals surface area contributed by atoms with Crippen LogP contribution in [-0.4, -0.2) is 25.0 Å². The molecule has 0 radical (unpaired) electrons. The first-order chi connectivity index (χ1) is 6.65. The molecule has 1 atom stereocenters. The molecule has 0 N–H and O–H groups in total. The Bertz CT molecular complexity index is 145. The summed E-state index contributed by atoms with van der Waals surface area (Å²) in [5.74, 6) is 1.98. The molecule has 1 heteroatoms. The highest BCUT2D eigenvalue weighted by Crippen LogP contribution is 2.33. The van der Waals surface area contributed by atoms with E-state index < -0.39 is 0 Å². The maximum Gasteiger partial charge on any atom is 0.00893 e. The summed E-state index contributed by atoms with van der Waals surface area (Å²) in [5, 5.41) is 0. The average Bonchev–Trinajstić information content (AvgIpc) is 2.18. The summed E-state index contributed by atoms with van der Waals surface area (Å²) in [6.07, 6.45) is 8.55. The first-order valence-electron chi connectivity index (χ1n) is 6.31. The summed E-state index contributed by atoms with van der Waals surface area (Å²) in [5.41, 5.74) is 0. The van der Waals surface area contributed by atoms with Crippen LogP contribution in [0.3, 0.4) is 0 Å². The largest absolute Gasteiger partial charge is 0.306 e. The van der Waals surface area contributed by atoms with Crippen LogP contribution in [0.25, 0.3) is 0 Å². The van der Waals surface area contributed by atoms with Crippen molar-refractivity contribution in [3.05, 3.63) is 0 Å². The molecule has 0 aromatic rings. The smallest absolute Gasteiger partial charge is 0.00893 e. The van der Waals surface area contributed by atoms with Crippen molar-refractivity contribution in [3.63, 3.8) is 0 Å². The van der Waals surface area contributed by atoms with Gasteiger partial charge in [0.1, 0.15) is 0 Å². The van der Waals surface area contributed by atoms with Crippen LogP contribution in [0, 0.1) is 11.8 Å². The van der Waals surface area contributed by atoms with Crippen molar-refractivity contribution in [3.8, 4) is 0 Å². The third-order valence-corrected chi connectivity index (χ3v) is 4.02. The minimum absolute atomic E-state index is 0.861. The van der Waals surface area contributed by atoms with Gasteiger partial charge in [0.25, 0.3) is 0 Å². The van der Waals surface area contributed by atoms with Gasteiger partial charge in [-0.1, -0.05) is 26.7 Å². The van der Waals surface area contributed by atoms with E-state index in [-0.39, 0.29) is 0 Å². The molecule has 84 valence electrons. The Morgan fingerprint density at radius 1 is 1.14 bits per heavy atom. The first kappa shape index (κ1) is 12.0. The lowest BCUT2D eigenvalue weighted by molar-refractivity contribution is 0.160. The molecule has 1 aliphatic carbocycles. The molecule has 0 amide bonds. The van der Waals surface area contributed by atoms with E-state index in [9.17, 15) is 0 Å². The summed E-state index contributed by atoms with van der Waals surface area (Å²) < 4.78 is 0. The molecule has 1 rings (SSSR count). The van der Waals surface area contributed by atoms with Crippen molar-refractivity contribution in [1.29, 1.82) is 0 Å². The summed E-state index contributed by atoms with van der Waals surface area (Å²) in [6.45, 7) is 4.76. The van der Waals surface area contributed by atoms with Gasteiger partial charge in [-0.2, -0.15) is 0 Å². The maximum absolute atomic E-state index is 2.45. The third kappa shape index (κ3) is 3.27. The molecule has 0 spiro atoms. The molecule has 0 saturated heterocycles. The van der Waals surface area contributed by atoms with Gasteiger partial charge in [-0.05, 0) is 51.6 Å². The molecule has 1 nitrogen and oxygen atoms in total. The van der Waals surface area contributed by atoms with Crippen molar-refractivity contribution in [2.75, 3.05) is 14.1 Å². The normalized spacial score (nSPS) is 30.6. The molecule has 0 aliphatic heterocycles. The molecule has 0 aromatic heterocycles. The summed E-state index contributed by atoms with van der Waals surface area (Å²) in [4.78, 5) is 2.40. The number of nitrogens with zero attached hydrogens (tertiary/aromatic N) is 1. The van der Waals surface area contributed by atoms with Crippen LogP contribution in [0.15, 0.2) is 0 Å². The van der Waals surface area contributed by atoms with Crippen LogP contribution in [0.1, 0.15) is 52.4 Å². The van der Waals surface area contributed by atoms with Crippen LogP contribution >= 0.6 is 0 Å². The number of hydrogen-bond acceptors (Lipinski definition) is 1. The van der Waals surface area contributed by atoms with E-state index in [1.165, 1.54) is 38.5 Å². The molecule has 1 fully saturated rings. The van der Waals surface area contributed by atoms with E-state index >= 15 is 0 Å². The van der Waals surface area contributed by atoms with Crippen LogP contribution < -0.4 is 0 Å². The third-order valence-electron chi connectivity index (χ3n) is 4.02. The highest BCUT2D eigenvalue weighted by atomic mass is 15.1. The van der Waals surface area contributed by atoms with Crippen molar-refractivity contribution >= 4 is 0 Å². The van der Waals surface area contributed by atoms with E-state index in [0.29, 0.717) is 0 Å². The number of rotatable bonds is 4. The van der Waals surface area contributed by atoms with Gasteiger partial charge in [0.15, 0.2) is 0 Å². The van der Waals surface area contributed by atoms with E-state index in [2.05, 4.69) is 32.8 Å². The van der Waals surface area contributed by atoms with Crippen LogP contribution in [-0.2, 0) is 0 Å². The van der Waals surface area contributed by atoms with Gasteiger partial charge >= 0.3 is 0 Å². The van der Waals surface area contributed by atoms with Crippen molar-refractivity contribution in [2.45, 2.75) is 58.4 Å². The monoisotopic (exact) mass is 197 g/mol. The predicted molar refractivity (Wildman–Crippen MR) is 63.5 cm³/mol. The van der Waals surface area contributed by atoms with E-state index in [1.807, 2.05) is 0 Å². The van der Waals surface area contributed by atoms with E-state index in [0.717, 1.165) is 17.9 Å². The quantitative estimate of drug-likeness (QED) is 0.666. The van der Waals surface area contributed by atoms with Crippen LogP contribution in [0.4, 0.5) is 0 Å². The SMILES string of the molecule is CCCC(C)C1CCC(N(C)C)CC1. The summed E-state index contributed by atoms with van der Waals surface area (Å²) >= 11 is 0. The van der Waals surface area contributed by atoms with E-state index in [4.69, 9.17) is 0 Å². The standard InChI is InChI=1S/C13H27N/c1-5-6-11(2)12-7-9-13(10-8-12)14(3)4/h11-13H,5-10H2,1-4H3. The molecular weight excluding hydrogens is 170 g/mol. The summed E-state index contributed by atoms with van der Waals surface area (Å²) in [7, 11) is 4.45. The van der Waals surface area contributed by atoms with Gasteiger partial charge in [-0.3, -0.25) is 0 Å². The molecule has 1 unspecified atom stereocenters. The highest BCUT2D eigenvalue weighted by molar-refractivity contribution is 4.79.